The lowest BCUT2D eigenvalue weighted by Crippen LogP contribution is -2.30. The summed E-state index contributed by atoms with van der Waals surface area (Å²) >= 11 is 0. The van der Waals surface area contributed by atoms with Crippen LogP contribution in [0.25, 0.3) is 0 Å². The molecule has 0 bridgehead atoms. The second kappa shape index (κ2) is 24.8. The van der Waals surface area contributed by atoms with E-state index in [9.17, 15) is 13.7 Å². The van der Waals surface area contributed by atoms with Crippen molar-refractivity contribution in [2.75, 3.05) is 58.5 Å². The summed E-state index contributed by atoms with van der Waals surface area (Å²) < 4.78 is 76.8. The summed E-state index contributed by atoms with van der Waals surface area (Å²) in [6.45, 7) is 13.7. The Bertz CT molecular complexity index is 605. The standard InChI is InChI=1S/C27H60NO9P3/c1-7-13-19-32-38(29,33-20-14-8-2)25-28(26-39(30,34-21-15-9-3)35-22-16-10-4)27-40(31,36-23-17-11-5)37-24-18-12-6/h7-27H2,1-6H3. The normalized spacial score (nSPS) is 13.0. The molecule has 0 aromatic heterocycles. The van der Waals surface area contributed by atoms with Crippen LogP contribution in [-0.2, 0) is 40.8 Å². The number of hydrogen-bond donors (Lipinski definition) is 0. The summed E-state index contributed by atoms with van der Waals surface area (Å²) in [6.07, 6.45) is 8.88. The van der Waals surface area contributed by atoms with Gasteiger partial charge in [0.05, 0.1) is 39.6 Å². The third-order valence-corrected chi connectivity index (χ3v) is 11.5. The van der Waals surface area contributed by atoms with Gasteiger partial charge in [-0.05, 0) is 38.5 Å². The SMILES string of the molecule is CCCCOP(=O)(CN(CP(=O)(OCCCC)OCCCC)CP(=O)(OCCCC)OCCCC)OCCCC. The van der Waals surface area contributed by atoms with E-state index >= 15 is 0 Å². The molecular weight excluding hydrogens is 575 g/mol. The predicted octanol–water partition coefficient (Wildman–Crippen LogP) is 9.64. The van der Waals surface area contributed by atoms with Gasteiger partial charge in [-0.2, -0.15) is 0 Å². The predicted molar refractivity (Wildman–Crippen MR) is 164 cm³/mol. The zero-order chi connectivity index (χ0) is 30.2. The highest BCUT2D eigenvalue weighted by Gasteiger charge is 2.39. The maximum atomic E-state index is 14.0. The molecule has 0 aliphatic heterocycles. The fourth-order valence-electron chi connectivity index (χ4n) is 3.31. The van der Waals surface area contributed by atoms with Crippen LogP contribution in [-0.4, -0.2) is 63.4 Å². The first kappa shape index (κ1) is 40.4. The van der Waals surface area contributed by atoms with Crippen molar-refractivity contribution in [3.63, 3.8) is 0 Å². The molecule has 0 radical (unpaired) electrons. The molecular formula is C27H60NO9P3. The molecule has 0 spiro atoms. The molecule has 0 atom stereocenters. The fourth-order valence-corrected chi connectivity index (χ4v) is 9.01. The number of unbranched alkanes of at least 4 members (excludes halogenated alkanes) is 6. The Morgan fingerprint density at radius 2 is 0.550 bits per heavy atom. The number of rotatable bonds is 30. The second-order valence-corrected chi connectivity index (χ2v) is 16.1. The summed E-state index contributed by atoms with van der Waals surface area (Å²) in [4.78, 5) is 1.54. The topological polar surface area (TPSA) is 110 Å². The van der Waals surface area contributed by atoms with Crippen molar-refractivity contribution in [2.45, 2.75) is 119 Å². The van der Waals surface area contributed by atoms with Crippen LogP contribution in [0.1, 0.15) is 119 Å². The van der Waals surface area contributed by atoms with Gasteiger partial charge < -0.3 is 27.1 Å². The second-order valence-electron chi connectivity index (χ2n) is 10.0. The van der Waals surface area contributed by atoms with Crippen molar-refractivity contribution < 1.29 is 40.8 Å². The van der Waals surface area contributed by atoms with Gasteiger partial charge in [0.15, 0.2) is 0 Å². The van der Waals surface area contributed by atoms with E-state index in [4.69, 9.17) is 27.1 Å². The maximum Gasteiger partial charge on any atom is 0.344 e. The lowest BCUT2D eigenvalue weighted by molar-refractivity contribution is 0.162. The highest BCUT2D eigenvalue weighted by molar-refractivity contribution is 7.55. The molecule has 0 unspecified atom stereocenters. The van der Waals surface area contributed by atoms with Crippen molar-refractivity contribution in [3.05, 3.63) is 0 Å². The third kappa shape index (κ3) is 20.3. The Morgan fingerprint density at radius 3 is 0.700 bits per heavy atom. The minimum atomic E-state index is -3.67. The molecule has 0 aromatic carbocycles. The maximum absolute atomic E-state index is 14.0. The molecule has 40 heavy (non-hydrogen) atoms. The monoisotopic (exact) mass is 635 g/mol. The zero-order valence-corrected chi connectivity index (χ0v) is 29.0. The van der Waals surface area contributed by atoms with Gasteiger partial charge in [0.25, 0.3) is 0 Å². The Morgan fingerprint density at radius 1 is 0.375 bits per heavy atom. The summed E-state index contributed by atoms with van der Waals surface area (Å²) in [5.41, 5.74) is 0. The molecule has 0 saturated carbocycles. The smallest absolute Gasteiger partial charge is 0.308 e. The van der Waals surface area contributed by atoms with Gasteiger partial charge in [-0.3, -0.25) is 18.6 Å². The Balaban J connectivity index is 6.22. The summed E-state index contributed by atoms with van der Waals surface area (Å²) in [7, 11) is -11.0. The van der Waals surface area contributed by atoms with Crippen LogP contribution in [0, 0.1) is 0 Å². The number of hydrogen-bond acceptors (Lipinski definition) is 10. The lowest BCUT2D eigenvalue weighted by Gasteiger charge is -2.32. The molecule has 0 aromatic rings. The van der Waals surface area contributed by atoms with Crippen LogP contribution in [0.3, 0.4) is 0 Å². The van der Waals surface area contributed by atoms with Gasteiger partial charge in [0.2, 0.25) is 0 Å². The van der Waals surface area contributed by atoms with Crippen LogP contribution in [0.5, 0.6) is 0 Å². The molecule has 10 nitrogen and oxygen atoms in total. The first-order valence-corrected chi connectivity index (χ1v) is 20.7. The molecule has 13 heteroatoms. The van der Waals surface area contributed by atoms with Crippen LogP contribution < -0.4 is 0 Å². The first-order chi connectivity index (χ1) is 19.1. The van der Waals surface area contributed by atoms with E-state index in [1.807, 2.05) is 41.5 Å². The summed E-state index contributed by atoms with van der Waals surface area (Å²) in [5, 5.41) is 0. The van der Waals surface area contributed by atoms with E-state index in [1.54, 1.807) is 0 Å². The van der Waals surface area contributed by atoms with Gasteiger partial charge in [0.1, 0.15) is 18.9 Å². The van der Waals surface area contributed by atoms with E-state index in [0.717, 1.165) is 77.0 Å². The molecule has 0 aliphatic carbocycles. The average Bonchev–Trinajstić information content (AvgIpc) is 2.89. The lowest BCUT2D eigenvalue weighted by atomic mass is 10.4. The van der Waals surface area contributed by atoms with Crippen molar-refractivity contribution in [2.24, 2.45) is 0 Å². The summed E-state index contributed by atoms with van der Waals surface area (Å²) in [5.74, 6) is 0. The molecule has 0 amide bonds. The van der Waals surface area contributed by atoms with Crippen LogP contribution in [0.2, 0.25) is 0 Å². The largest absolute Gasteiger partial charge is 0.344 e. The minimum absolute atomic E-state index is 0.225. The van der Waals surface area contributed by atoms with E-state index in [1.165, 1.54) is 4.90 Å². The minimum Gasteiger partial charge on any atom is -0.308 e. The molecule has 0 aliphatic rings. The quantitative estimate of drug-likeness (QED) is 0.0559. The van der Waals surface area contributed by atoms with Crippen LogP contribution in [0.4, 0.5) is 0 Å². The van der Waals surface area contributed by atoms with E-state index < -0.39 is 22.8 Å². The van der Waals surface area contributed by atoms with Gasteiger partial charge in [0, 0.05) is 0 Å². The molecule has 242 valence electrons. The molecule has 0 fully saturated rings. The summed E-state index contributed by atoms with van der Waals surface area (Å²) in [6, 6.07) is 0. The van der Waals surface area contributed by atoms with Gasteiger partial charge in [-0.15, -0.1) is 0 Å². The average molecular weight is 636 g/mol. The molecule has 0 rings (SSSR count). The van der Waals surface area contributed by atoms with Crippen LogP contribution in [0.15, 0.2) is 0 Å². The van der Waals surface area contributed by atoms with Gasteiger partial charge >= 0.3 is 22.8 Å². The van der Waals surface area contributed by atoms with Gasteiger partial charge in [-0.25, -0.2) is 0 Å². The van der Waals surface area contributed by atoms with Crippen LogP contribution >= 0.6 is 22.8 Å². The zero-order valence-electron chi connectivity index (χ0n) is 26.3. The highest BCUT2D eigenvalue weighted by atomic mass is 31.2. The molecule has 0 saturated heterocycles. The Hall–Kier alpha value is 0.410. The van der Waals surface area contributed by atoms with Crippen molar-refractivity contribution >= 4 is 22.8 Å². The third-order valence-electron chi connectivity index (χ3n) is 5.83. The van der Waals surface area contributed by atoms with E-state index in [-0.39, 0.29) is 58.5 Å². The Kier molecular flexibility index (Phi) is 25.1. The van der Waals surface area contributed by atoms with Crippen molar-refractivity contribution in [1.82, 2.24) is 4.90 Å². The first-order valence-electron chi connectivity index (χ1n) is 15.5. The number of nitrogens with zero attached hydrogens (tertiary/aromatic N) is 1. The van der Waals surface area contributed by atoms with E-state index in [0.29, 0.717) is 0 Å². The molecule has 0 heterocycles. The van der Waals surface area contributed by atoms with E-state index in [2.05, 4.69) is 0 Å². The Labute approximate surface area is 245 Å². The van der Waals surface area contributed by atoms with Crippen molar-refractivity contribution in [3.8, 4) is 0 Å². The highest BCUT2D eigenvalue weighted by Crippen LogP contribution is 2.57. The van der Waals surface area contributed by atoms with Gasteiger partial charge in [-0.1, -0.05) is 80.1 Å². The van der Waals surface area contributed by atoms with Crippen molar-refractivity contribution in [1.29, 1.82) is 0 Å². The fraction of sp³-hybridized carbons (Fsp3) is 1.00. The molecule has 0 N–H and O–H groups in total.